The summed E-state index contributed by atoms with van der Waals surface area (Å²) in [5.41, 5.74) is 1.40. The normalized spacial score (nSPS) is 14.1. The highest BCUT2D eigenvalue weighted by atomic mass is 79.9. The summed E-state index contributed by atoms with van der Waals surface area (Å²) in [5.74, 6) is -1.82. The van der Waals surface area contributed by atoms with Crippen molar-refractivity contribution < 1.29 is 33.6 Å². The molecule has 1 aliphatic heterocycles. The number of hydrogen-bond acceptors (Lipinski definition) is 8. The molecule has 5 amide bonds. The highest BCUT2D eigenvalue weighted by Gasteiger charge is 2.37. The first-order valence-corrected chi connectivity index (χ1v) is 12.4. The van der Waals surface area contributed by atoms with Crippen LogP contribution in [0.2, 0.25) is 0 Å². The van der Waals surface area contributed by atoms with Crippen LogP contribution in [0.15, 0.2) is 70.7 Å². The molecule has 0 atom stereocenters. The minimum Gasteiger partial charge on any atom is -0.493 e. The number of urea groups is 1. The van der Waals surface area contributed by atoms with Crippen molar-refractivity contribution in [3.63, 3.8) is 0 Å². The van der Waals surface area contributed by atoms with E-state index in [9.17, 15) is 29.3 Å². The maximum Gasteiger partial charge on any atom is 0.335 e. The van der Waals surface area contributed by atoms with Crippen molar-refractivity contribution in [1.29, 1.82) is 0 Å². The van der Waals surface area contributed by atoms with Crippen molar-refractivity contribution in [3.05, 3.63) is 92.0 Å². The third-order valence-corrected chi connectivity index (χ3v) is 6.22. The van der Waals surface area contributed by atoms with Crippen molar-refractivity contribution in [3.8, 4) is 11.5 Å². The molecule has 13 heteroatoms. The monoisotopic (exact) mass is 608 g/mol. The summed E-state index contributed by atoms with van der Waals surface area (Å²) in [7, 11) is 1.38. The SMILES string of the molecule is COc1cc(/C=C2\C(=O)NC(=O)N(c3ccc([N+](=O)[O-])cc3)C2=O)cc(Br)c1OCC(=O)Nc1cccc(C)c1. The number of rotatable bonds is 8. The number of benzene rings is 3. The Morgan fingerprint density at radius 1 is 1.12 bits per heavy atom. The summed E-state index contributed by atoms with van der Waals surface area (Å²) < 4.78 is 11.4. The van der Waals surface area contributed by atoms with E-state index in [1.54, 1.807) is 6.07 Å². The minimum absolute atomic E-state index is 0.0398. The van der Waals surface area contributed by atoms with Crippen LogP contribution >= 0.6 is 15.9 Å². The third-order valence-electron chi connectivity index (χ3n) is 5.63. The van der Waals surface area contributed by atoms with Crippen LogP contribution in [0, 0.1) is 17.0 Å². The Kier molecular flexibility index (Phi) is 8.24. The number of nitrogens with one attached hydrogen (secondary N) is 2. The van der Waals surface area contributed by atoms with Crippen LogP contribution < -0.4 is 25.0 Å². The van der Waals surface area contributed by atoms with Crippen LogP contribution in [0.25, 0.3) is 6.08 Å². The van der Waals surface area contributed by atoms with E-state index in [1.807, 2.05) is 25.1 Å². The van der Waals surface area contributed by atoms with Crippen molar-refractivity contribution >= 4 is 62.8 Å². The van der Waals surface area contributed by atoms with E-state index < -0.39 is 28.7 Å². The van der Waals surface area contributed by atoms with Gasteiger partial charge in [0.15, 0.2) is 18.1 Å². The lowest BCUT2D eigenvalue weighted by Crippen LogP contribution is -2.54. The fraction of sp³-hybridized carbons (Fsp3) is 0.111. The number of carbonyl (C=O) groups is 4. The fourth-order valence-electron chi connectivity index (χ4n) is 3.80. The van der Waals surface area contributed by atoms with Gasteiger partial charge in [0.2, 0.25) is 0 Å². The van der Waals surface area contributed by atoms with Gasteiger partial charge in [-0.1, -0.05) is 12.1 Å². The molecule has 0 bridgehead atoms. The number of nitrogens with zero attached hydrogens (tertiary/aromatic N) is 2. The molecule has 1 fully saturated rings. The molecule has 0 radical (unpaired) electrons. The summed E-state index contributed by atoms with van der Waals surface area (Å²) in [6.07, 6.45) is 1.25. The van der Waals surface area contributed by atoms with Gasteiger partial charge >= 0.3 is 6.03 Å². The van der Waals surface area contributed by atoms with Gasteiger partial charge in [0.1, 0.15) is 5.57 Å². The molecule has 0 saturated carbocycles. The van der Waals surface area contributed by atoms with E-state index in [2.05, 4.69) is 26.6 Å². The van der Waals surface area contributed by atoms with E-state index in [0.29, 0.717) is 20.6 Å². The molecule has 0 unspecified atom stereocenters. The van der Waals surface area contributed by atoms with Gasteiger partial charge in [-0.15, -0.1) is 0 Å². The number of hydrogen-bond donors (Lipinski definition) is 2. The molecule has 0 aromatic heterocycles. The number of nitro groups is 1. The van der Waals surface area contributed by atoms with Crippen LogP contribution in [-0.4, -0.2) is 42.4 Å². The number of methoxy groups -OCH3 is 1. The maximum absolute atomic E-state index is 13.2. The lowest BCUT2D eigenvalue weighted by molar-refractivity contribution is -0.384. The Hall–Kier alpha value is -5.04. The number of nitro benzene ring substituents is 1. The van der Waals surface area contributed by atoms with Gasteiger partial charge in [-0.05, 0) is 76.5 Å². The topological polar surface area (TPSA) is 157 Å². The Morgan fingerprint density at radius 3 is 2.50 bits per heavy atom. The summed E-state index contributed by atoms with van der Waals surface area (Å²) in [4.78, 5) is 61.5. The van der Waals surface area contributed by atoms with E-state index in [4.69, 9.17) is 9.47 Å². The number of carbonyl (C=O) groups excluding carboxylic acids is 4. The molecule has 0 aliphatic carbocycles. The van der Waals surface area contributed by atoms with E-state index in [1.165, 1.54) is 37.5 Å². The molecule has 3 aromatic carbocycles. The summed E-state index contributed by atoms with van der Waals surface area (Å²) in [6, 6.07) is 14.0. The van der Waals surface area contributed by atoms with Crippen LogP contribution in [0.1, 0.15) is 11.1 Å². The molecule has 12 nitrogen and oxygen atoms in total. The van der Waals surface area contributed by atoms with Gasteiger partial charge in [-0.25, -0.2) is 9.69 Å². The standard InChI is InChI=1S/C27H21BrN4O8/c1-15-4-3-5-17(10-15)29-23(33)14-40-24-21(28)12-16(13-22(24)39-2)11-20-25(34)30-27(36)31(26(20)35)18-6-8-19(9-7-18)32(37)38/h3-13H,14H2,1-2H3,(H,29,33)(H,30,34,36)/b20-11+. The zero-order valence-electron chi connectivity index (χ0n) is 21.1. The highest BCUT2D eigenvalue weighted by molar-refractivity contribution is 9.10. The first-order chi connectivity index (χ1) is 19.1. The number of amides is 5. The summed E-state index contributed by atoms with van der Waals surface area (Å²) >= 11 is 3.37. The number of imide groups is 2. The van der Waals surface area contributed by atoms with Crippen molar-refractivity contribution in [2.24, 2.45) is 0 Å². The van der Waals surface area contributed by atoms with Crippen LogP contribution in [0.5, 0.6) is 11.5 Å². The highest BCUT2D eigenvalue weighted by Crippen LogP contribution is 2.37. The maximum atomic E-state index is 13.2. The average molecular weight is 609 g/mol. The second-order valence-corrected chi connectivity index (χ2v) is 9.33. The van der Waals surface area contributed by atoms with Crippen molar-refractivity contribution in [2.45, 2.75) is 6.92 Å². The molecule has 2 N–H and O–H groups in total. The molecule has 3 aromatic rings. The number of aryl methyl sites for hydroxylation is 1. The van der Waals surface area contributed by atoms with Gasteiger partial charge < -0.3 is 14.8 Å². The molecular weight excluding hydrogens is 588 g/mol. The second-order valence-electron chi connectivity index (χ2n) is 8.47. The average Bonchev–Trinajstić information content (AvgIpc) is 2.90. The predicted octanol–water partition coefficient (Wildman–Crippen LogP) is 4.36. The van der Waals surface area contributed by atoms with Gasteiger partial charge in [0.05, 0.1) is 22.2 Å². The quantitative estimate of drug-likeness (QED) is 0.165. The third kappa shape index (κ3) is 6.15. The Labute approximate surface area is 235 Å². The van der Waals surface area contributed by atoms with E-state index in [0.717, 1.165) is 17.7 Å². The number of anilines is 2. The molecule has 0 spiro atoms. The number of halogens is 1. The lowest BCUT2D eigenvalue weighted by atomic mass is 10.1. The number of non-ortho nitro benzene ring substituents is 1. The van der Waals surface area contributed by atoms with Gasteiger partial charge in [-0.3, -0.25) is 29.8 Å². The largest absolute Gasteiger partial charge is 0.493 e. The summed E-state index contributed by atoms with van der Waals surface area (Å²) in [6.45, 7) is 1.58. The van der Waals surface area contributed by atoms with Crippen LogP contribution in [0.3, 0.4) is 0 Å². The number of barbiturate groups is 1. The lowest BCUT2D eigenvalue weighted by Gasteiger charge is -2.26. The Morgan fingerprint density at radius 2 is 1.85 bits per heavy atom. The summed E-state index contributed by atoms with van der Waals surface area (Å²) in [5, 5.41) is 15.8. The zero-order chi connectivity index (χ0) is 29.0. The van der Waals surface area contributed by atoms with Crippen LogP contribution in [0.4, 0.5) is 21.9 Å². The molecule has 40 heavy (non-hydrogen) atoms. The molecule has 204 valence electrons. The second kappa shape index (κ2) is 11.8. The molecule has 4 rings (SSSR count). The molecule has 1 heterocycles. The zero-order valence-corrected chi connectivity index (χ0v) is 22.7. The van der Waals surface area contributed by atoms with Gasteiger partial charge in [-0.2, -0.15) is 0 Å². The molecular formula is C27H21BrN4O8. The fourth-order valence-corrected chi connectivity index (χ4v) is 4.38. The van der Waals surface area contributed by atoms with Gasteiger partial charge in [0, 0.05) is 17.8 Å². The first-order valence-electron chi connectivity index (χ1n) is 11.6. The first kappa shape index (κ1) is 28.0. The molecule has 1 aliphatic rings. The Bertz CT molecular complexity index is 1570. The minimum atomic E-state index is -0.993. The van der Waals surface area contributed by atoms with Crippen molar-refractivity contribution in [1.82, 2.24) is 5.32 Å². The molecule has 1 saturated heterocycles. The Balaban J connectivity index is 1.55. The van der Waals surface area contributed by atoms with Crippen LogP contribution in [-0.2, 0) is 14.4 Å². The smallest absolute Gasteiger partial charge is 0.335 e. The van der Waals surface area contributed by atoms with Crippen molar-refractivity contribution in [2.75, 3.05) is 23.9 Å². The van der Waals surface area contributed by atoms with Gasteiger partial charge in [0.25, 0.3) is 23.4 Å². The van der Waals surface area contributed by atoms with E-state index >= 15 is 0 Å². The van der Waals surface area contributed by atoms with E-state index in [-0.39, 0.29) is 35.1 Å². The predicted molar refractivity (Wildman–Crippen MR) is 148 cm³/mol. The number of ether oxygens (including phenoxy) is 2.